The molecule has 0 aromatic heterocycles. The van der Waals surface area contributed by atoms with Crippen molar-refractivity contribution < 1.29 is 9.53 Å². The minimum Gasteiger partial charge on any atom is -0.497 e. The molecule has 0 radical (unpaired) electrons. The highest BCUT2D eigenvalue weighted by Gasteiger charge is 2.36. The Morgan fingerprint density at radius 3 is 2.55 bits per heavy atom. The molecule has 20 heavy (non-hydrogen) atoms. The molecule has 1 saturated heterocycles. The Morgan fingerprint density at radius 2 is 2.05 bits per heavy atom. The Morgan fingerprint density at radius 1 is 1.40 bits per heavy atom. The molecule has 0 saturated carbocycles. The van der Waals surface area contributed by atoms with Crippen LogP contribution >= 0.6 is 0 Å². The van der Waals surface area contributed by atoms with Crippen molar-refractivity contribution >= 4 is 5.91 Å². The van der Waals surface area contributed by atoms with Crippen LogP contribution in [-0.4, -0.2) is 36.5 Å². The van der Waals surface area contributed by atoms with E-state index >= 15 is 0 Å². The predicted molar refractivity (Wildman–Crippen MR) is 78.3 cm³/mol. The molecule has 1 fully saturated rings. The minimum absolute atomic E-state index is 0.000839. The van der Waals surface area contributed by atoms with E-state index in [1.165, 1.54) is 0 Å². The lowest BCUT2D eigenvalue weighted by Crippen LogP contribution is -2.47. The van der Waals surface area contributed by atoms with Crippen LogP contribution in [0.25, 0.3) is 0 Å². The number of ether oxygens (including phenoxy) is 1. The zero-order valence-electron chi connectivity index (χ0n) is 12.1. The van der Waals surface area contributed by atoms with Crippen molar-refractivity contribution in [1.82, 2.24) is 4.90 Å². The number of nitrogens with two attached hydrogens (primary N) is 2. The molecule has 1 heterocycles. The second kappa shape index (κ2) is 6.24. The Hall–Kier alpha value is -1.59. The topological polar surface area (TPSA) is 81.6 Å². The first-order valence-electron chi connectivity index (χ1n) is 6.99. The summed E-state index contributed by atoms with van der Waals surface area (Å²) < 4.78 is 5.18. The zero-order chi connectivity index (χ0) is 14.7. The molecule has 0 aliphatic carbocycles. The number of primary amides is 1. The van der Waals surface area contributed by atoms with Crippen LogP contribution in [0.1, 0.15) is 31.4 Å². The normalized spacial score (nSPS) is 22.4. The Kier molecular flexibility index (Phi) is 4.62. The molecule has 3 unspecified atom stereocenters. The molecule has 0 spiro atoms. The predicted octanol–water partition coefficient (Wildman–Crippen LogP) is 1.03. The number of amides is 1. The second-order valence-corrected chi connectivity index (χ2v) is 5.38. The first-order chi connectivity index (χ1) is 9.54. The fourth-order valence-electron chi connectivity index (χ4n) is 3.03. The Labute approximate surface area is 119 Å². The molecule has 1 aromatic carbocycles. The fraction of sp³-hybridized carbons (Fsp3) is 0.533. The first-order valence-corrected chi connectivity index (χ1v) is 6.99. The molecule has 0 bridgehead atoms. The van der Waals surface area contributed by atoms with Gasteiger partial charge in [-0.15, -0.1) is 0 Å². The van der Waals surface area contributed by atoms with Crippen molar-refractivity contribution in [3.63, 3.8) is 0 Å². The molecule has 1 aromatic rings. The Bertz CT molecular complexity index is 459. The number of carbonyl (C=O) groups is 1. The lowest BCUT2D eigenvalue weighted by Gasteiger charge is -2.34. The number of carbonyl (C=O) groups excluding carboxylic acids is 1. The highest BCUT2D eigenvalue weighted by Crippen LogP contribution is 2.32. The second-order valence-electron chi connectivity index (χ2n) is 5.38. The third-order valence-corrected chi connectivity index (χ3v) is 3.94. The average molecular weight is 277 g/mol. The summed E-state index contributed by atoms with van der Waals surface area (Å²) in [5.74, 6) is 0.548. The number of hydrogen-bond donors (Lipinski definition) is 2. The molecule has 3 atom stereocenters. The molecule has 110 valence electrons. The standard InChI is InChI=1S/C15H23N3O2/c1-10(16)14(11-5-7-12(20-2)8-6-11)18-9-3-4-13(18)15(17)19/h5-8,10,13-14H,3-4,9,16H2,1-2H3,(H2,17,19). The van der Waals surface area contributed by atoms with E-state index in [0.717, 1.165) is 30.7 Å². The van der Waals surface area contributed by atoms with Gasteiger partial charge in [0.05, 0.1) is 19.2 Å². The van der Waals surface area contributed by atoms with Crippen LogP contribution in [0.15, 0.2) is 24.3 Å². The summed E-state index contributed by atoms with van der Waals surface area (Å²) in [7, 11) is 1.64. The van der Waals surface area contributed by atoms with E-state index in [2.05, 4.69) is 4.90 Å². The number of likely N-dealkylation sites (tertiary alicyclic amines) is 1. The van der Waals surface area contributed by atoms with Gasteiger partial charge >= 0.3 is 0 Å². The lowest BCUT2D eigenvalue weighted by molar-refractivity contribution is -0.123. The molecule has 1 aliphatic heterocycles. The highest BCUT2D eigenvalue weighted by atomic mass is 16.5. The summed E-state index contributed by atoms with van der Waals surface area (Å²) in [6, 6.07) is 7.55. The average Bonchev–Trinajstić information content (AvgIpc) is 2.88. The summed E-state index contributed by atoms with van der Waals surface area (Å²) in [6.07, 6.45) is 1.79. The SMILES string of the molecule is COc1ccc(C(C(C)N)N2CCCC2C(N)=O)cc1. The quantitative estimate of drug-likeness (QED) is 0.842. The van der Waals surface area contributed by atoms with Crippen LogP contribution in [0.5, 0.6) is 5.75 Å². The van der Waals surface area contributed by atoms with Crippen molar-refractivity contribution in [3.05, 3.63) is 29.8 Å². The van der Waals surface area contributed by atoms with Gasteiger partial charge in [0.15, 0.2) is 0 Å². The van der Waals surface area contributed by atoms with E-state index in [0.29, 0.717) is 0 Å². The molecule has 2 rings (SSSR count). The monoisotopic (exact) mass is 277 g/mol. The van der Waals surface area contributed by atoms with Crippen LogP contribution in [0.3, 0.4) is 0 Å². The number of benzene rings is 1. The molecule has 5 heteroatoms. The van der Waals surface area contributed by atoms with E-state index in [-0.39, 0.29) is 24.0 Å². The van der Waals surface area contributed by atoms with Gasteiger partial charge in [-0.2, -0.15) is 0 Å². The summed E-state index contributed by atoms with van der Waals surface area (Å²) in [4.78, 5) is 13.7. The molecular formula is C15H23N3O2. The maximum Gasteiger partial charge on any atom is 0.234 e. The summed E-state index contributed by atoms with van der Waals surface area (Å²) in [5, 5.41) is 0. The molecule has 1 amide bonds. The van der Waals surface area contributed by atoms with Crippen molar-refractivity contribution in [3.8, 4) is 5.75 Å². The third-order valence-electron chi connectivity index (χ3n) is 3.94. The smallest absolute Gasteiger partial charge is 0.234 e. The summed E-state index contributed by atoms with van der Waals surface area (Å²) >= 11 is 0. The minimum atomic E-state index is -0.262. The maximum atomic E-state index is 11.6. The van der Waals surface area contributed by atoms with E-state index < -0.39 is 0 Å². The van der Waals surface area contributed by atoms with Gasteiger partial charge in [0.25, 0.3) is 0 Å². The van der Waals surface area contributed by atoms with E-state index in [9.17, 15) is 4.79 Å². The Balaban J connectivity index is 2.28. The van der Waals surface area contributed by atoms with E-state index in [4.69, 9.17) is 16.2 Å². The molecule has 1 aliphatic rings. The van der Waals surface area contributed by atoms with Crippen LogP contribution in [0.2, 0.25) is 0 Å². The summed E-state index contributed by atoms with van der Waals surface area (Å²) in [6.45, 7) is 2.82. The third kappa shape index (κ3) is 2.94. The molecular weight excluding hydrogens is 254 g/mol. The first kappa shape index (κ1) is 14.8. The van der Waals surface area contributed by atoms with Gasteiger partial charge in [0.1, 0.15) is 5.75 Å². The van der Waals surface area contributed by atoms with Crippen LogP contribution in [0.4, 0.5) is 0 Å². The zero-order valence-corrected chi connectivity index (χ0v) is 12.1. The number of hydrogen-bond acceptors (Lipinski definition) is 4. The van der Waals surface area contributed by atoms with Gasteiger partial charge < -0.3 is 16.2 Å². The summed E-state index contributed by atoms with van der Waals surface area (Å²) in [5.41, 5.74) is 12.8. The highest BCUT2D eigenvalue weighted by molar-refractivity contribution is 5.80. The lowest BCUT2D eigenvalue weighted by atomic mass is 9.98. The van der Waals surface area contributed by atoms with Crippen LogP contribution < -0.4 is 16.2 Å². The fourth-order valence-corrected chi connectivity index (χ4v) is 3.03. The van der Waals surface area contributed by atoms with Gasteiger partial charge in [-0.25, -0.2) is 0 Å². The number of nitrogens with zero attached hydrogens (tertiary/aromatic N) is 1. The van der Waals surface area contributed by atoms with Gasteiger partial charge in [-0.05, 0) is 44.0 Å². The largest absolute Gasteiger partial charge is 0.497 e. The number of methoxy groups -OCH3 is 1. The van der Waals surface area contributed by atoms with Crippen molar-refractivity contribution in [2.75, 3.05) is 13.7 Å². The van der Waals surface area contributed by atoms with Gasteiger partial charge in [0.2, 0.25) is 5.91 Å². The van der Waals surface area contributed by atoms with Crippen molar-refractivity contribution in [2.24, 2.45) is 11.5 Å². The van der Waals surface area contributed by atoms with E-state index in [1.54, 1.807) is 7.11 Å². The van der Waals surface area contributed by atoms with Crippen molar-refractivity contribution in [1.29, 1.82) is 0 Å². The van der Waals surface area contributed by atoms with Gasteiger partial charge in [-0.3, -0.25) is 9.69 Å². The van der Waals surface area contributed by atoms with Crippen LogP contribution in [-0.2, 0) is 4.79 Å². The number of rotatable bonds is 5. The van der Waals surface area contributed by atoms with Gasteiger partial charge in [-0.1, -0.05) is 12.1 Å². The van der Waals surface area contributed by atoms with Gasteiger partial charge in [0, 0.05) is 6.04 Å². The maximum absolute atomic E-state index is 11.6. The molecule has 5 nitrogen and oxygen atoms in total. The van der Waals surface area contributed by atoms with E-state index in [1.807, 2.05) is 31.2 Å². The van der Waals surface area contributed by atoms with Crippen molar-refractivity contribution in [2.45, 2.75) is 37.9 Å². The van der Waals surface area contributed by atoms with Crippen LogP contribution in [0, 0.1) is 0 Å². The molecule has 4 N–H and O–H groups in total.